The van der Waals surface area contributed by atoms with Crippen LogP contribution in [0, 0.1) is 11.6 Å². The summed E-state index contributed by atoms with van der Waals surface area (Å²) in [6, 6.07) is 19.0. The molecule has 1 heterocycles. The molecule has 0 aliphatic carbocycles. The Balaban J connectivity index is 1.35. The summed E-state index contributed by atoms with van der Waals surface area (Å²) in [5, 5.41) is 6.95. The molecule has 0 aliphatic heterocycles. The standard InChI is InChI=1S/C27H25F2N3O3/c1-34-23-13-11-19(12-14-23)27-31-26(35-32-27)10-4-9-25(33)30-24(20-6-3-8-22(29)17-20)16-18-5-2-7-21(28)15-18/h2-3,5-8,11-15,17,24H,4,9-10,16H2,1H3,(H,30,33). The first kappa shape index (κ1) is 24.1. The Hall–Kier alpha value is -4.07. The van der Waals surface area contributed by atoms with Crippen LogP contribution in [-0.2, 0) is 17.6 Å². The first-order chi connectivity index (χ1) is 17.0. The summed E-state index contributed by atoms with van der Waals surface area (Å²) in [6.45, 7) is 0. The molecular weight excluding hydrogens is 452 g/mol. The fourth-order valence-corrected chi connectivity index (χ4v) is 3.76. The van der Waals surface area contributed by atoms with Gasteiger partial charge in [-0.25, -0.2) is 8.78 Å². The number of methoxy groups -OCH3 is 1. The zero-order valence-corrected chi connectivity index (χ0v) is 19.2. The number of nitrogens with one attached hydrogen (secondary N) is 1. The second-order valence-electron chi connectivity index (χ2n) is 8.10. The molecule has 0 aliphatic rings. The maximum absolute atomic E-state index is 13.8. The van der Waals surface area contributed by atoms with Crippen LogP contribution in [0.25, 0.3) is 11.4 Å². The van der Waals surface area contributed by atoms with Gasteiger partial charge in [-0.15, -0.1) is 0 Å². The molecule has 0 fully saturated rings. The van der Waals surface area contributed by atoms with Crippen LogP contribution in [0.2, 0.25) is 0 Å². The van der Waals surface area contributed by atoms with E-state index in [0.29, 0.717) is 42.1 Å². The molecule has 35 heavy (non-hydrogen) atoms. The average molecular weight is 478 g/mol. The van der Waals surface area contributed by atoms with E-state index < -0.39 is 11.9 Å². The van der Waals surface area contributed by atoms with Gasteiger partial charge in [0, 0.05) is 18.4 Å². The minimum absolute atomic E-state index is 0.203. The largest absolute Gasteiger partial charge is 0.497 e. The predicted molar refractivity (Wildman–Crippen MR) is 127 cm³/mol. The number of ether oxygens (including phenoxy) is 1. The van der Waals surface area contributed by atoms with Crippen LogP contribution >= 0.6 is 0 Å². The summed E-state index contributed by atoms with van der Waals surface area (Å²) in [7, 11) is 1.60. The number of benzene rings is 3. The number of hydrogen-bond acceptors (Lipinski definition) is 5. The van der Waals surface area contributed by atoms with Gasteiger partial charge < -0.3 is 14.6 Å². The number of hydrogen-bond donors (Lipinski definition) is 1. The van der Waals surface area contributed by atoms with Gasteiger partial charge in [0.05, 0.1) is 13.2 Å². The number of carbonyl (C=O) groups excluding carboxylic acids is 1. The van der Waals surface area contributed by atoms with Gasteiger partial charge in [0.1, 0.15) is 17.4 Å². The predicted octanol–water partition coefficient (Wildman–Crippen LogP) is 5.45. The highest BCUT2D eigenvalue weighted by atomic mass is 19.1. The van der Waals surface area contributed by atoms with E-state index in [4.69, 9.17) is 9.26 Å². The van der Waals surface area contributed by atoms with E-state index in [9.17, 15) is 13.6 Å². The molecule has 180 valence electrons. The van der Waals surface area contributed by atoms with Crippen molar-refractivity contribution < 1.29 is 22.8 Å². The molecule has 0 bridgehead atoms. The van der Waals surface area contributed by atoms with Crippen LogP contribution in [0.15, 0.2) is 77.3 Å². The van der Waals surface area contributed by atoms with Crippen LogP contribution in [0.5, 0.6) is 5.75 Å². The van der Waals surface area contributed by atoms with E-state index in [1.807, 2.05) is 24.3 Å². The first-order valence-electron chi connectivity index (χ1n) is 11.3. The van der Waals surface area contributed by atoms with Crippen molar-refractivity contribution in [2.24, 2.45) is 0 Å². The van der Waals surface area contributed by atoms with E-state index in [0.717, 1.165) is 11.3 Å². The summed E-state index contributed by atoms with van der Waals surface area (Å²) < 4.78 is 37.9. The Kier molecular flexibility index (Phi) is 7.82. The highest BCUT2D eigenvalue weighted by Gasteiger charge is 2.17. The lowest BCUT2D eigenvalue weighted by Gasteiger charge is -2.20. The molecule has 0 saturated carbocycles. The fraction of sp³-hybridized carbons (Fsp3) is 0.222. The van der Waals surface area contributed by atoms with Crippen LogP contribution in [-0.4, -0.2) is 23.2 Å². The van der Waals surface area contributed by atoms with Crippen LogP contribution < -0.4 is 10.1 Å². The third kappa shape index (κ3) is 6.72. The highest BCUT2D eigenvalue weighted by Crippen LogP contribution is 2.22. The van der Waals surface area contributed by atoms with Crippen LogP contribution in [0.3, 0.4) is 0 Å². The molecule has 1 atom stereocenters. The molecule has 0 spiro atoms. The van der Waals surface area contributed by atoms with E-state index in [2.05, 4.69) is 15.5 Å². The second kappa shape index (κ2) is 11.4. The second-order valence-corrected chi connectivity index (χ2v) is 8.10. The van der Waals surface area contributed by atoms with Crippen molar-refractivity contribution in [3.05, 3.63) is 101 Å². The number of aromatic nitrogens is 2. The number of rotatable bonds is 10. The SMILES string of the molecule is COc1ccc(-c2noc(CCCC(=O)NC(Cc3cccc(F)c3)c3cccc(F)c3)n2)cc1. The Bertz CT molecular complexity index is 1270. The molecule has 3 aromatic carbocycles. The smallest absolute Gasteiger partial charge is 0.226 e. The van der Waals surface area contributed by atoms with E-state index >= 15 is 0 Å². The van der Waals surface area contributed by atoms with Gasteiger partial charge in [0.25, 0.3) is 0 Å². The Labute approximate surface area is 201 Å². The van der Waals surface area contributed by atoms with Crippen molar-refractivity contribution in [3.63, 3.8) is 0 Å². The average Bonchev–Trinajstić information content (AvgIpc) is 3.33. The summed E-state index contributed by atoms with van der Waals surface area (Å²) in [5.74, 6) is 0.673. The number of carbonyl (C=O) groups is 1. The summed E-state index contributed by atoms with van der Waals surface area (Å²) in [6.07, 6.45) is 1.48. The minimum atomic E-state index is -0.495. The molecule has 4 aromatic rings. The van der Waals surface area contributed by atoms with Gasteiger partial charge in [-0.05, 0) is 72.5 Å². The summed E-state index contributed by atoms with van der Waals surface area (Å²) >= 11 is 0. The topological polar surface area (TPSA) is 77.2 Å². The van der Waals surface area contributed by atoms with Gasteiger partial charge in [0.2, 0.25) is 17.6 Å². The molecule has 1 unspecified atom stereocenters. The number of halogens is 2. The van der Waals surface area contributed by atoms with Gasteiger partial charge in [-0.3, -0.25) is 4.79 Å². The van der Waals surface area contributed by atoms with Crippen LogP contribution in [0.4, 0.5) is 8.78 Å². The third-order valence-corrected chi connectivity index (χ3v) is 5.53. The van der Waals surface area contributed by atoms with Crippen molar-refractivity contribution in [2.75, 3.05) is 7.11 Å². The molecule has 0 saturated heterocycles. The van der Waals surface area contributed by atoms with Gasteiger partial charge in [-0.2, -0.15) is 4.98 Å². The molecule has 0 radical (unpaired) electrons. The minimum Gasteiger partial charge on any atom is -0.497 e. The quantitative estimate of drug-likeness (QED) is 0.329. The van der Waals surface area contributed by atoms with Crippen LogP contribution in [0.1, 0.15) is 35.9 Å². The number of amides is 1. The normalized spacial score (nSPS) is 11.7. The molecule has 1 amide bonds. The van der Waals surface area contributed by atoms with E-state index in [1.165, 1.54) is 24.3 Å². The van der Waals surface area contributed by atoms with Crippen molar-refractivity contribution in [1.82, 2.24) is 15.5 Å². The Morgan fingerprint density at radius 3 is 2.49 bits per heavy atom. The molecule has 1 N–H and O–H groups in total. The van der Waals surface area contributed by atoms with Crippen molar-refractivity contribution in [2.45, 2.75) is 31.7 Å². The Morgan fingerprint density at radius 2 is 1.77 bits per heavy atom. The fourth-order valence-electron chi connectivity index (χ4n) is 3.76. The molecular formula is C27H25F2N3O3. The van der Waals surface area contributed by atoms with Gasteiger partial charge in [0.15, 0.2) is 0 Å². The molecule has 1 aromatic heterocycles. The van der Waals surface area contributed by atoms with Gasteiger partial charge >= 0.3 is 0 Å². The van der Waals surface area contributed by atoms with Gasteiger partial charge in [-0.1, -0.05) is 29.4 Å². The van der Waals surface area contributed by atoms with Crippen molar-refractivity contribution >= 4 is 5.91 Å². The molecule has 8 heteroatoms. The number of aryl methyl sites for hydroxylation is 1. The summed E-state index contributed by atoms with van der Waals surface area (Å²) in [5.41, 5.74) is 2.12. The Morgan fingerprint density at radius 1 is 1.03 bits per heavy atom. The molecule has 4 rings (SSSR count). The monoisotopic (exact) mass is 477 g/mol. The van der Waals surface area contributed by atoms with Crippen molar-refractivity contribution in [1.29, 1.82) is 0 Å². The summed E-state index contributed by atoms with van der Waals surface area (Å²) in [4.78, 5) is 17.1. The highest BCUT2D eigenvalue weighted by molar-refractivity contribution is 5.76. The first-order valence-corrected chi connectivity index (χ1v) is 11.3. The van der Waals surface area contributed by atoms with E-state index in [1.54, 1.807) is 31.4 Å². The maximum atomic E-state index is 13.8. The lowest BCUT2D eigenvalue weighted by Crippen LogP contribution is -2.30. The zero-order valence-electron chi connectivity index (χ0n) is 19.2. The lowest BCUT2D eigenvalue weighted by atomic mass is 9.98. The molecule has 6 nitrogen and oxygen atoms in total. The zero-order chi connectivity index (χ0) is 24.6. The maximum Gasteiger partial charge on any atom is 0.226 e. The third-order valence-electron chi connectivity index (χ3n) is 5.53. The van der Waals surface area contributed by atoms with Crippen molar-refractivity contribution in [3.8, 4) is 17.1 Å². The number of nitrogens with zero attached hydrogens (tertiary/aromatic N) is 2. The van der Waals surface area contributed by atoms with E-state index in [-0.39, 0.29) is 18.1 Å². The lowest BCUT2D eigenvalue weighted by molar-refractivity contribution is -0.121.